The fraction of sp³-hybridized carbons (Fsp3) is 0.778. The SMILES string of the molecule is COC(=O)C(CCCCCC(=O)O)CC[C@@H]1C[C@H]2[C@@H]3CCc4cc(OC)ccc4[C@H]3CC[C@]2(C)[C@H]1O[Si](C)(C)C(C)(C)C. The summed E-state index contributed by atoms with van der Waals surface area (Å²) >= 11 is 0. The van der Waals surface area contributed by atoms with Gasteiger partial charge in [-0.1, -0.05) is 46.6 Å². The highest BCUT2D eigenvalue weighted by molar-refractivity contribution is 6.74. The van der Waals surface area contributed by atoms with Crippen LogP contribution in [0.2, 0.25) is 18.1 Å². The number of aliphatic carboxylic acids is 1. The largest absolute Gasteiger partial charge is 0.497 e. The number of carbonyl (C=O) groups is 2. The van der Waals surface area contributed by atoms with Crippen molar-refractivity contribution < 1.29 is 28.6 Å². The molecule has 0 bridgehead atoms. The van der Waals surface area contributed by atoms with E-state index in [1.807, 2.05) is 0 Å². The second-order valence-electron chi connectivity index (χ2n) is 15.6. The van der Waals surface area contributed by atoms with Crippen molar-refractivity contribution in [1.29, 1.82) is 0 Å². The van der Waals surface area contributed by atoms with E-state index in [-0.39, 0.29) is 34.9 Å². The average molecular weight is 615 g/mol. The van der Waals surface area contributed by atoms with E-state index < -0.39 is 14.3 Å². The molecular formula is C36H58O6Si. The standard InChI is InChI=1S/C36H58O6Si/c1-35(2,3)43(7,8)42-33-26(15-14-24(34(39)41-6)12-10-9-11-13-32(37)38)23-31-30-18-16-25-22-27(40-5)17-19-28(25)29(30)20-21-36(31,33)4/h17,19,22,24,26,29-31,33H,9-16,18,20-21,23H2,1-8H3,(H,37,38)/t24?,26-,29-,30-,31+,33+,36+/m1/s1. The first kappa shape index (κ1) is 34.0. The molecule has 2 fully saturated rings. The molecule has 0 amide bonds. The number of carbonyl (C=O) groups excluding carboxylic acids is 1. The monoisotopic (exact) mass is 614 g/mol. The van der Waals surface area contributed by atoms with Crippen LogP contribution in [0.25, 0.3) is 0 Å². The summed E-state index contributed by atoms with van der Waals surface area (Å²) in [6, 6.07) is 6.74. The molecule has 7 heteroatoms. The van der Waals surface area contributed by atoms with Crippen molar-refractivity contribution in [2.24, 2.45) is 29.1 Å². The van der Waals surface area contributed by atoms with Crippen molar-refractivity contribution in [3.63, 3.8) is 0 Å². The molecule has 1 unspecified atom stereocenters. The second-order valence-corrected chi connectivity index (χ2v) is 20.4. The molecule has 7 atom stereocenters. The van der Waals surface area contributed by atoms with Gasteiger partial charge in [0.1, 0.15) is 5.75 Å². The molecule has 6 nitrogen and oxygen atoms in total. The number of methoxy groups -OCH3 is 2. The Labute approximate surface area is 261 Å². The van der Waals surface area contributed by atoms with Crippen LogP contribution >= 0.6 is 0 Å². The molecule has 0 radical (unpaired) electrons. The first-order chi connectivity index (χ1) is 20.2. The number of carboxylic acid groups (broad SMARTS) is 1. The van der Waals surface area contributed by atoms with E-state index in [0.29, 0.717) is 30.1 Å². The van der Waals surface area contributed by atoms with E-state index in [9.17, 15) is 9.59 Å². The van der Waals surface area contributed by atoms with Crippen LogP contribution in [0.5, 0.6) is 5.75 Å². The van der Waals surface area contributed by atoms with Crippen molar-refractivity contribution >= 4 is 20.3 Å². The minimum absolute atomic E-state index is 0.124. The van der Waals surface area contributed by atoms with Gasteiger partial charge in [-0.05, 0) is 128 Å². The van der Waals surface area contributed by atoms with E-state index in [1.54, 1.807) is 7.11 Å². The predicted octanol–water partition coefficient (Wildman–Crippen LogP) is 8.77. The Hall–Kier alpha value is -1.86. The third-order valence-electron chi connectivity index (χ3n) is 12.1. The number of fused-ring (bicyclic) bond motifs is 5. The van der Waals surface area contributed by atoms with Gasteiger partial charge in [-0.2, -0.15) is 0 Å². The van der Waals surface area contributed by atoms with Gasteiger partial charge in [-0.15, -0.1) is 0 Å². The zero-order valence-corrected chi connectivity index (χ0v) is 29.2. The van der Waals surface area contributed by atoms with Crippen LogP contribution in [-0.4, -0.2) is 45.7 Å². The quantitative estimate of drug-likeness (QED) is 0.136. The van der Waals surface area contributed by atoms with Crippen LogP contribution in [-0.2, 0) is 25.2 Å². The van der Waals surface area contributed by atoms with E-state index >= 15 is 0 Å². The van der Waals surface area contributed by atoms with Crippen LogP contribution in [0.4, 0.5) is 0 Å². The zero-order valence-electron chi connectivity index (χ0n) is 28.2. The van der Waals surface area contributed by atoms with Crippen LogP contribution < -0.4 is 4.74 Å². The maximum absolute atomic E-state index is 12.8. The number of esters is 1. The lowest BCUT2D eigenvalue weighted by Crippen LogP contribution is -2.51. The number of carboxylic acids is 1. The number of aryl methyl sites for hydroxylation is 1. The third kappa shape index (κ3) is 7.35. The van der Waals surface area contributed by atoms with Crippen LogP contribution in [0.3, 0.4) is 0 Å². The van der Waals surface area contributed by atoms with Gasteiger partial charge < -0.3 is 19.0 Å². The summed E-state index contributed by atoms with van der Waals surface area (Å²) in [5, 5.41) is 9.11. The molecule has 1 N–H and O–H groups in total. The number of benzene rings is 1. The Bertz CT molecular complexity index is 1130. The Morgan fingerprint density at radius 2 is 1.84 bits per heavy atom. The number of unbranched alkanes of at least 4 members (excludes halogenated alkanes) is 2. The smallest absolute Gasteiger partial charge is 0.308 e. The minimum Gasteiger partial charge on any atom is -0.497 e. The molecule has 3 aliphatic carbocycles. The summed E-state index contributed by atoms with van der Waals surface area (Å²) < 4.78 is 18.2. The molecule has 242 valence electrons. The van der Waals surface area contributed by atoms with Gasteiger partial charge in [0, 0.05) is 6.42 Å². The second kappa shape index (κ2) is 13.6. The normalized spacial score (nSPS) is 29.3. The Kier molecular flexibility index (Phi) is 10.8. The molecule has 1 aromatic rings. The molecule has 43 heavy (non-hydrogen) atoms. The lowest BCUT2D eigenvalue weighted by atomic mass is 9.55. The Morgan fingerprint density at radius 1 is 1.09 bits per heavy atom. The molecule has 1 aromatic carbocycles. The molecule has 0 heterocycles. The van der Waals surface area contributed by atoms with Gasteiger partial charge in [0.05, 0.1) is 26.2 Å². The number of hydrogen-bond acceptors (Lipinski definition) is 5. The fourth-order valence-corrected chi connectivity index (χ4v) is 10.1. The van der Waals surface area contributed by atoms with Gasteiger partial charge in [0.25, 0.3) is 0 Å². The maximum Gasteiger partial charge on any atom is 0.308 e. The van der Waals surface area contributed by atoms with Gasteiger partial charge in [0.15, 0.2) is 8.32 Å². The lowest BCUT2D eigenvalue weighted by molar-refractivity contribution is -0.146. The van der Waals surface area contributed by atoms with Crippen LogP contribution in [0.15, 0.2) is 18.2 Å². The summed E-state index contributed by atoms with van der Waals surface area (Å²) in [6.45, 7) is 14.3. The highest BCUT2D eigenvalue weighted by Gasteiger charge is 2.60. The van der Waals surface area contributed by atoms with Gasteiger partial charge in [-0.25, -0.2) is 0 Å². The van der Waals surface area contributed by atoms with E-state index in [0.717, 1.165) is 44.3 Å². The summed E-state index contributed by atoms with van der Waals surface area (Å²) in [5.41, 5.74) is 3.15. The molecule has 0 aliphatic heterocycles. The van der Waals surface area contributed by atoms with Gasteiger partial charge in [0.2, 0.25) is 0 Å². The maximum atomic E-state index is 12.8. The summed E-state index contributed by atoms with van der Waals surface area (Å²) in [4.78, 5) is 23.8. The first-order valence-electron chi connectivity index (χ1n) is 16.9. The highest BCUT2D eigenvalue weighted by Crippen LogP contribution is 2.64. The average Bonchev–Trinajstić information content (AvgIpc) is 3.23. The summed E-state index contributed by atoms with van der Waals surface area (Å²) in [7, 11) is 1.22. The summed E-state index contributed by atoms with van der Waals surface area (Å²) in [6.07, 6.45) is 11.2. The molecule has 4 rings (SSSR count). The Balaban J connectivity index is 1.55. The topological polar surface area (TPSA) is 82.1 Å². The number of rotatable bonds is 13. The fourth-order valence-electron chi connectivity index (χ4n) is 8.62. The minimum atomic E-state index is -2.02. The van der Waals surface area contributed by atoms with Crippen molar-refractivity contribution in [2.75, 3.05) is 14.2 Å². The predicted molar refractivity (Wildman–Crippen MR) is 174 cm³/mol. The molecule has 0 aromatic heterocycles. The van der Waals surface area contributed by atoms with E-state index in [2.05, 4.69) is 59.0 Å². The lowest BCUT2D eigenvalue weighted by Gasteiger charge is -2.52. The number of ether oxygens (including phenoxy) is 2. The summed E-state index contributed by atoms with van der Waals surface area (Å²) in [5.74, 6) is 2.27. The van der Waals surface area contributed by atoms with Crippen molar-refractivity contribution in [2.45, 2.75) is 135 Å². The highest BCUT2D eigenvalue weighted by atomic mass is 28.4. The van der Waals surface area contributed by atoms with E-state index in [4.69, 9.17) is 19.0 Å². The molecular weight excluding hydrogens is 556 g/mol. The molecule has 2 saturated carbocycles. The number of hydrogen-bond donors (Lipinski definition) is 1. The van der Waals surface area contributed by atoms with Crippen molar-refractivity contribution in [3.05, 3.63) is 29.3 Å². The van der Waals surface area contributed by atoms with Crippen molar-refractivity contribution in [3.8, 4) is 5.75 Å². The molecule has 0 saturated heterocycles. The van der Waals surface area contributed by atoms with Gasteiger partial charge in [-0.3, -0.25) is 9.59 Å². The zero-order chi connectivity index (χ0) is 31.6. The molecule has 0 spiro atoms. The third-order valence-corrected chi connectivity index (χ3v) is 16.6. The van der Waals surface area contributed by atoms with Crippen LogP contribution in [0.1, 0.15) is 115 Å². The first-order valence-corrected chi connectivity index (χ1v) is 19.8. The van der Waals surface area contributed by atoms with Crippen LogP contribution in [0, 0.1) is 29.1 Å². The van der Waals surface area contributed by atoms with E-state index in [1.165, 1.54) is 43.9 Å². The van der Waals surface area contributed by atoms with Gasteiger partial charge >= 0.3 is 11.9 Å². The van der Waals surface area contributed by atoms with Crippen molar-refractivity contribution in [1.82, 2.24) is 0 Å². The Morgan fingerprint density at radius 3 is 2.49 bits per heavy atom. The molecule has 3 aliphatic rings.